The van der Waals surface area contributed by atoms with Gasteiger partial charge in [-0.05, 0) is 12.1 Å². The van der Waals surface area contributed by atoms with Crippen LogP contribution in [0.2, 0.25) is 5.02 Å². The van der Waals surface area contributed by atoms with Crippen molar-refractivity contribution < 1.29 is 0 Å². The quantitative estimate of drug-likeness (QED) is 0.608. The maximum atomic E-state index is 8.59. The minimum atomic E-state index is 0.629. The fraction of sp³-hybridized carbons (Fsp3) is 0. The molecule has 6 heteroatoms. The number of hydrogen-bond donors (Lipinski definition) is 0. The van der Waals surface area contributed by atoms with Crippen LogP contribution in [0.15, 0.2) is 29.3 Å². The lowest BCUT2D eigenvalue weighted by atomic mass is 10.2. The summed E-state index contributed by atoms with van der Waals surface area (Å²) in [6, 6.07) is 7.34. The first-order valence-electron chi connectivity index (χ1n) is 3.95. The maximum absolute atomic E-state index is 8.59. The smallest absolute Gasteiger partial charge is 0.152 e. The zero-order chi connectivity index (χ0) is 10.7. The lowest BCUT2D eigenvalue weighted by molar-refractivity contribution is 1.27. The zero-order valence-corrected chi connectivity index (χ0v) is 9.73. The fourth-order valence-electron chi connectivity index (χ4n) is 1.10. The maximum Gasteiger partial charge on any atom is 0.152 e. The van der Waals surface area contributed by atoms with E-state index in [1.54, 1.807) is 12.1 Å². The highest BCUT2D eigenvalue weighted by Gasteiger charge is 2.10. The highest BCUT2D eigenvalue weighted by atomic mass is 35.5. The van der Waals surface area contributed by atoms with Crippen molar-refractivity contribution in [2.45, 2.75) is 5.03 Å². The predicted molar refractivity (Wildman–Crippen MR) is 61.8 cm³/mol. The Balaban J connectivity index is 2.45. The summed E-state index contributed by atoms with van der Waals surface area (Å²) in [5.74, 6) is 0. The normalized spacial score (nSPS) is 9.87. The van der Waals surface area contributed by atoms with Crippen LogP contribution in [0.3, 0.4) is 0 Å². The largest absolute Gasteiger partial charge is 0.185 e. The molecule has 0 fully saturated rings. The first-order valence-corrected chi connectivity index (χ1v) is 5.88. The molecule has 0 radical (unpaired) electrons. The van der Waals surface area contributed by atoms with E-state index in [1.165, 1.54) is 0 Å². The highest BCUT2D eigenvalue weighted by Crippen LogP contribution is 2.30. The third kappa shape index (κ3) is 2.29. The van der Waals surface area contributed by atoms with Crippen LogP contribution in [0, 0.1) is 10.7 Å². The van der Waals surface area contributed by atoms with E-state index in [0.29, 0.717) is 15.7 Å². The third-order valence-corrected chi connectivity index (χ3v) is 3.15. The lowest BCUT2D eigenvalue weighted by Gasteiger charge is -1.97. The molecule has 74 valence electrons. The molecule has 0 amide bonds. The number of nitriles is 1. The van der Waals surface area contributed by atoms with E-state index in [9.17, 15) is 0 Å². The van der Waals surface area contributed by atoms with Crippen LogP contribution in [-0.2, 0) is 0 Å². The second kappa shape index (κ2) is 4.62. The third-order valence-electron chi connectivity index (χ3n) is 1.70. The summed E-state index contributed by atoms with van der Waals surface area (Å²) in [6.45, 7) is 0. The molecule has 3 nitrogen and oxygen atoms in total. The Morgan fingerprint density at radius 1 is 1.40 bits per heavy atom. The molecule has 0 atom stereocenters. The van der Waals surface area contributed by atoms with Gasteiger partial charge in [0.2, 0.25) is 0 Å². The van der Waals surface area contributed by atoms with Gasteiger partial charge >= 0.3 is 0 Å². The van der Waals surface area contributed by atoms with Crippen molar-refractivity contribution >= 4 is 35.1 Å². The van der Waals surface area contributed by atoms with Gasteiger partial charge in [-0.1, -0.05) is 23.7 Å². The number of aromatic nitrogens is 2. The molecule has 0 bridgehead atoms. The summed E-state index contributed by atoms with van der Waals surface area (Å²) in [7, 11) is 0. The van der Waals surface area contributed by atoms with Crippen LogP contribution in [0.1, 0.15) is 0 Å². The van der Waals surface area contributed by atoms with Gasteiger partial charge in [-0.3, -0.25) is 0 Å². The minimum Gasteiger partial charge on any atom is -0.185 e. The Bertz CT molecular complexity index is 518. The van der Waals surface area contributed by atoms with Gasteiger partial charge in [-0.15, -0.1) is 0 Å². The topological polar surface area (TPSA) is 49.6 Å². The van der Waals surface area contributed by atoms with Gasteiger partial charge in [-0.2, -0.15) is 14.0 Å². The summed E-state index contributed by atoms with van der Waals surface area (Å²) < 4.78 is 8.19. The first-order chi connectivity index (χ1) is 7.31. The predicted octanol–water partition coefficient (Wildman–Crippen LogP) is 3.43. The van der Waals surface area contributed by atoms with Gasteiger partial charge < -0.3 is 0 Å². The Morgan fingerprint density at radius 2 is 2.27 bits per heavy atom. The summed E-state index contributed by atoms with van der Waals surface area (Å²) in [6.07, 6.45) is 0. The monoisotopic (exact) mass is 253 g/mol. The standard InChI is InChI=1S/C9H4ClN3S2/c10-7-3-1-2-6(4-7)8-9(14-5-11)13-15-12-8/h1-4H. The van der Waals surface area contributed by atoms with Gasteiger partial charge in [-0.25, -0.2) is 0 Å². The Morgan fingerprint density at radius 3 is 3.00 bits per heavy atom. The van der Waals surface area contributed by atoms with Crippen LogP contribution < -0.4 is 0 Å². The molecule has 1 aromatic carbocycles. The second-order valence-corrected chi connectivity index (χ2v) is 4.36. The highest BCUT2D eigenvalue weighted by molar-refractivity contribution is 8.03. The zero-order valence-electron chi connectivity index (χ0n) is 7.35. The van der Waals surface area contributed by atoms with Crippen molar-refractivity contribution in [1.29, 1.82) is 5.26 Å². The number of nitrogens with zero attached hydrogens (tertiary/aromatic N) is 3. The van der Waals surface area contributed by atoms with Crippen molar-refractivity contribution in [2.75, 3.05) is 0 Å². The SMILES string of the molecule is N#CSc1nsnc1-c1cccc(Cl)c1. The molecular weight excluding hydrogens is 250 g/mol. The molecule has 0 aliphatic carbocycles. The van der Waals surface area contributed by atoms with E-state index in [4.69, 9.17) is 16.9 Å². The molecule has 0 spiro atoms. The van der Waals surface area contributed by atoms with E-state index in [1.807, 2.05) is 17.5 Å². The van der Waals surface area contributed by atoms with E-state index >= 15 is 0 Å². The van der Waals surface area contributed by atoms with Gasteiger partial charge in [0.25, 0.3) is 0 Å². The number of thiocyanates is 1. The average Bonchev–Trinajstić information content (AvgIpc) is 2.66. The van der Waals surface area contributed by atoms with Gasteiger partial charge in [0.1, 0.15) is 11.1 Å². The molecule has 0 aliphatic rings. The van der Waals surface area contributed by atoms with E-state index < -0.39 is 0 Å². The molecular formula is C9H4ClN3S2. The van der Waals surface area contributed by atoms with Gasteiger partial charge in [0.05, 0.1) is 11.7 Å². The number of thioether (sulfide) groups is 1. The first kappa shape index (κ1) is 10.4. The van der Waals surface area contributed by atoms with Crippen LogP contribution >= 0.6 is 35.1 Å². The van der Waals surface area contributed by atoms with Crippen LogP contribution in [-0.4, -0.2) is 8.75 Å². The Labute approximate surface area is 100 Å². The number of rotatable bonds is 2. The molecule has 0 aliphatic heterocycles. The van der Waals surface area contributed by atoms with E-state index in [0.717, 1.165) is 29.1 Å². The molecule has 1 heterocycles. The van der Waals surface area contributed by atoms with Crippen molar-refractivity contribution in [3.8, 4) is 16.7 Å². The Hall–Kier alpha value is -1.09. The van der Waals surface area contributed by atoms with Crippen molar-refractivity contribution in [2.24, 2.45) is 0 Å². The number of halogens is 1. The van der Waals surface area contributed by atoms with Crippen LogP contribution in [0.25, 0.3) is 11.3 Å². The summed E-state index contributed by atoms with van der Waals surface area (Å²) in [5.41, 5.74) is 1.60. The molecule has 2 rings (SSSR count). The van der Waals surface area contributed by atoms with E-state index in [2.05, 4.69) is 8.75 Å². The summed E-state index contributed by atoms with van der Waals surface area (Å²) in [5, 5.41) is 11.8. The second-order valence-electron chi connectivity index (χ2n) is 2.62. The van der Waals surface area contributed by atoms with Crippen molar-refractivity contribution in [1.82, 2.24) is 8.75 Å². The van der Waals surface area contributed by atoms with Crippen molar-refractivity contribution in [3.63, 3.8) is 0 Å². The molecule has 15 heavy (non-hydrogen) atoms. The summed E-state index contributed by atoms with van der Waals surface area (Å²) in [4.78, 5) is 0. The average molecular weight is 254 g/mol. The molecule has 2 aromatic rings. The van der Waals surface area contributed by atoms with Crippen molar-refractivity contribution in [3.05, 3.63) is 29.3 Å². The minimum absolute atomic E-state index is 0.629. The molecule has 0 saturated carbocycles. The van der Waals surface area contributed by atoms with E-state index in [-0.39, 0.29) is 0 Å². The number of benzene rings is 1. The molecule has 0 saturated heterocycles. The fourth-order valence-corrected chi connectivity index (χ4v) is 2.42. The molecule has 0 unspecified atom stereocenters. The lowest BCUT2D eigenvalue weighted by Crippen LogP contribution is -1.79. The van der Waals surface area contributed by atoms with Crippen LogP contribution in [0.5, 0.6) is 0 Å². The summed E-state index contributed by atoms with van der Waals surface area (Å²) >= 11 is 7.97. The van der Waals surface area contributed by atoms with Crippen LogP contribution in [0.4, 0.5) is 0 Å². The van der Waals surface area contributed by atoms with Gasteiger partial charge in [0.15, 0.2) is 5.03 Å². The van der Waals surface area contributed by atoms with Gasteiger partial charge in [0, 0.05) is 22.3 Å². The number of hydrogen-bond acceptors (Lipinski definition) is 5. The Kier molecular flexibility index (Phi) is 3.21. The molecule has 0 N–H and O–H groups in total. The molecule has 1 aromatic heterocycles.